The maximum atomic E-state index is 9.67. The minimum atomic E-state index is 0.00503. The molecule has 0 unspecified atom stereocenters. The number of aromatic amines is 1. The lowest BCUT2D eigenvalue weighted by Gasteiger charge is -2.01. The number of nitrogens with zero attached hydrogens (tertiary/aromatic N) is 2. The monoisotopic (exact) mass is 265 g/mol. The zero-order chi connectivity index (χ0) is 13.9. The molecule has 4 nitrogen and oxygen atoms in total. The first-order chi connectivity index (χ1) is 9.81. The molecule has 3 aromatic rings. The number of aliphatic hydroxyl groups excluding tert-OH is 1. The molecule has 0 saturated heterocycles. The van der Waals surface area contributed by atoms with Crippen LogP contribution < -0.4 is 0 Å². The van der Waals surface area contributed by atoms with E-state index in [9.17, 15) is 5.11 Å². The van der Waals surface area contributed by atoms with Crippen LogP contribution in [0.3, 0.4) is 0 Å². The molecule has 0 atom stereocenters. The second kappa shape index (κ2) is 5.27. The number of hydrogen-bond donors (Lipinski definition) is 2. The molecule has 0 aliphatic heterocycles. The number of nitrogens with one attached hydrogen (secondary N) is 1. The molecule has 2 N–H and O–H groups in total. The summed E-state index contributed by atoms with van der Waals surface area (Å²) in [6, 6.07) is 7.77. The lowest BCUT2D eigenvalue weighted by molar-refractivity contribution is 0.282. The van der Waals surface area contributed by atoms with Gasteiger partial charge in [-0.1, -0.05) is 0 Å². The summed E-state index contributed by atoms with van der Waals surface area (Å²) in [6.07, 6.45) is 7.03. The largest absolute Gasteiger partial charge is 0.392 e. The Labute approximate surface area is 117 Å². The number of aromatic nitrogens is 3. The Morgan fingerprint density at radius 2 is 1.40 bits per heavy atom. The van der Waals surface area contributed by atoms with Crippen molar-refractivity contribution in [3.05, 3.63) is 60.2 Å². The summed E-state index contributed by atoms with van der Waals surface area (Å²) >= 11 is 0. The molecular formula is C16H15N3O. The molecule has 0 fully saturated rings. The van der Waals surface area contributed by atoms with Gasteiger partial charge in [-0.15, -0.1) is 0 Å². The molecule has 0 bridgehead atoms. The highest BCUT2D eigenvalue weighted by atomic mass is 16.3. The van der Waals surface area contributed by atoms with Gasteiger partial charge in [0, 0.05) is 47.2 Å². The minimum absolute atomic E-state index is 0.00503. The molecular weight excluding hydrogens is 250 g/mol. The van der Waals surface area contributed by atoms with E-state index in [0.717, 1.165) is 33.6 Å². The van der Waals surface area contributed by atoms with E-state index in [0.29, 0.717) is 0 Å². The van der Waals surface area contributed by atoms with Crippen molar-refractivity contribution in [1.82, 2.24) is 15.0 Å². The van der Waals surface area contributed by atoms with Crippen LogP contribution in [-0.2, 0) is 6.61 Å². The number of hydrogen-bond acceptors (Lipinski definition) is 3. The molecule has 0 radical (unpaired) electrons. The van der Waals surface area contributed by atoms with Gasteiger partial charge in [-0.2, -0.15) is 0 Å². The minimum Gasteiger partial charge on any atom is -0.392 e. The molecule has 4 heteroatoms. The normalized spacial score (nSPS) is 10.7. The molecule has 3 rings (SSSR count). The molecule has 0 amide bonds. The summed E-state index contributed by atoms with van der Waals surface area (Å²) in [5, 5.41) is 9.67. The van der Waals surface area contributed by atoms with E-state index in [4.69, 9.17) is 0 Å². The highest BCUT2D eigenvalue weighted by Crippen LogP contribution is 2.32. The van der Waals surface area contributed by atoms with Gasteiger partial charge in [0.25, 0.3) is 0 Å². The van der Waals surface area contributed by atoms with Crippen molar-refractivity contribution in [3.8, 4) is 22.5 Å². The van der Waals surface area contributed by atoms with Crippen LogP contribution in [0, 0.1) is 6.92 Å². The maximum Gasteiger partial charge on any atom is 0.0705 e. The Kier molecular flexibility index (Phi) is 3.31. The topological polar surface area (TPSA) is 61.8 Å². The zero-order valence-electron chi connectivity index (χ0n) is 11.2. The quantitative estimate of drug-likeness (QED) is 0.765. The third-order valence-corrected chi connectivity index (χ3v) is 3.48. The molecule has 0 aliphatic carbocycles. The van der Waals surface area contributed by atoms with Crippen molar-refractivity contribution in [2.45, 2.75) is 13.5 Å². The van der Waals surface area contributed by atoms with Gasteiger partial charge in [-0.05, 0) is 36.8 Å². The number of pyridine rings is 2. The third-order valence-electron chi connectivity index (χ3n) is 3.48. The van der Waals surface area contributed by atoms with Crippen molar-refractivity contribution < 1.29 is 5.11 Å². The van der Waals surface area contributed by atoms with E-state index in [1.54, 1.807) is 24.8 Å². The van der Waals surface area contributed by atoms with Crippen LogP contribution in [-0.4, -0.2) is 20.1 Å². The van der Waals surface area contributed by atoms with Crippen LogP contribution in [0.25, 0.3) is 22.5 Å². The second-order valence-corrected chi connectivity index (χ2v) is 4.61. The van der Waals surface area contributed by atoms with Crippen LogP contribution in [0.2, 0.25) is 0 Å². The van der Waals surface area contributed by atoms with E-state index >= 15 is 0 Å². The second-order valence-electron chi connectivity index (χ2n) is 4.61. The van der Waals surface area contributed by atoms with Gasteiger partial charge in [0.2, 0.25) is 0 Å². The molecule has 0 saturated carbocycles. The van der Waals surface area contributed by atoms with Gasteiger partial charge in [-0.25, -0.2) is 0 Å². The maximum absolute atomic E-state index is 9.67. The van der Waals surface area contributed by atoms with Gasteiger partial charge < -0.3 is 10.1 Å². The van der Waals surface area contributed by atoms with Gasteiger partial charge in [0.05, 0.1) is 12.3 Å². The fourth-order valence-electron chi connectivity index (χ4n) is 2.40. The Morgan fingerprint density at radius 1 is 0.900 bits per heavy atom. The molecule has 0 aliphatic rings. The molecule has 20 heavy (non-hydrogen) atoms. The fraction of sp³-hybridized carbons (Fsp3) is 0.125. The SMILES string of the molecule is Cc1c(-c2ccncc2)[nH]c(-c2ccncc2)c1CO. The lowest BCUT2D eigenvalue weighted by atomic mass is 10.0. The van der Waals surface area contributed by atoms with Crippen molar-refractivity contribution in [1.29, 1.82) is 0 Å². The predicted octanol–water partition coefficient (Wildman–Crippen LogP) is 2.94. The van der Waals surface area contributed by atoms with E-state index in [2.05, 4.69) is 15.0 Å². The Hall–Kier alpha value is -2.46. The molecule has 100 valence electrons. The summed E-state index contributed by atoms with van der Waals surface area (Å²) in [4.78, 5) is 11.5. The molecule has 0 aromatic carbocycles. The number of H-pyrrole nitrogens is 1. The summed E-state index contributed by atoms with van der Waals surface area (Å²) in [5.41, 5.74) is 6.02. The Bertz CT molecular complexity index is 705. The molecule has 0 spiro atoms. The van der Waals surface area contributed by atoms with Crippen LogP contribution in [0.1, 0.15) is 11.1 Å². The van der Waals surface area contributed by atoms with Crippen LogP contribution >= 0.6 is 0 Å². The molecule has 3 heterocycles. The number of rotatable bonds is 3. The Balaban J connectivity index is 2.18. The first-order valence-electron chi connectivity index (χ1n) is 6.44. The van der Waals surface area contributed by atoms with E-state index in [-0.39, 0.29) is 6.61 Å². The van der Waals surface area contributed by atoms with Crippen molar-refractivity contribution in [2.24, 2.45) is 0 Å². The average Bonchev–Trinajstić information content (AvgIpc) is 2.86. The van der Waals surface area contributed by atoms with Crippen LogP contribution in [0.5, 0.6) is 0 Å². The average molecular weight is 265 g/mol. The van der Waals surface area contributed by atoms with Gasteiger partial charge in [0.1, 0.15) is 0 Å². The first kappa shape index (κ1) is 12.6. The standard InChI is InChI=1S/C16H15N3O/c1-11-14(10-20)16(13-4-8-18-9-5-13)19-15(11)12-2-6-17-7-3-12/h2-9,19-20H,10H2,1H3. The molecule has 3 aromatic heterocycles. The van der Waals surface area contributed by atoms with Gasteiger partial charge in [-0.3, -0.25) is 9.97 Å². The van der Waals surface area contributed by atoms with Gasteiger partial charge in [0.15, 0.2) is 0 Å². The van der Waals surface area contributed by atoms with Crippen molar-refractivity contribution in [3.63, 3.8) is 0 Å². The first-order valence-corrected chi connectivity index (χ1v) is 6.44. The highest BCUT2D eigenvalue weighted by molar-refractivity contribution is 5.75. The van der Waals surface area contributed by atoms with E-state index in [1.807, 2.05) is 31.2 Å². The number of aliphatic hydroxyl groups is 1. The highest BCUT2D eigenvalue weighted by Gasteiger charge is 2.15. The van der Waals surface area contributed by atoms with Crippen LogP contribution in [0.15, 0.2) is 49.1 Å². The summed E-state index contributed by atoms with van der Waals surface area (Å²) in [5.74, 6) is 0. The third kappa shape index (κ3) is 2.10. The van der Waals surface area contributed by atoms with Crippen molar-refractivity contribution >= 4 is 0 Å². The fourth-order valence-corrected chi connectivity index (χ4v) is 2.40. The predicted molar refractivity (Wildman–Crippen MR) is 77.9 cm³/mol. The zero-order valence-corrected chi connectivity index (χ0v) is 11.2. The summed E-state index contributed by atoms with van der Waals surface area (Å²) in [7, 11) is 0. The van der Waals surface area contributed by atoms with Crippen LogP contribution in [0.4, 0.5) is 0 Å². The van der Waals surface area contributed by atoms with E-state index < -0.39 is 0 Å². The van der Waals surface area contributed by atoms with Gasteiger partial charge >= 0.3 is 0 Å². The van der Waals surface area contributed by atoms with E-state index in [1.165, 1.54) is 0 Å². The summed E-state index contributed by atoms with van der Waals surface area (Å²) in [6.45, 7) is 2.02. The Morgan fingerprint density at radius 3 is 1.90 bits per heavy atom. The smallest absolute Gasteiger partial charge is 0.0705 e. The van der Waals surface area contributed by atoms with Crippen molar-refractivity contribution in [2.75, 3.05) is 0 Å². The summed E-state index contributed by atoms with van der Waals surface area (Å²) < 4.78 is 0. The lowest BCUT2D eigenvalue weighted by Crippen LogP contribution is -1.88.